The van der Waals surface area contributed by atoms with Crippen molar-refractivity contribution in [3.8, 4) is 5.75 Å². The molecule has 2 unspecified atom stereocenters. The minimum atomic E-state index is -1.08. The highest BCUT2D eigenvalue weighted by Gasteiger charge is 2.24. The third kappa shape index (κ3) is 4.62. The number of carboxylic acid groups (broad SMARTS) is 1. The zero-order chi connectivity index (χ0) is 19.4. The van der Waals surface area contributed by atoms with Gasteiger partial charge in [-0.1, -0.05) is 6.42 Å². The predicted octanol–water partition coefficient (Wildman–Crippen LogP) is 3.02. The first-order valence-electron chi connectivity index (χ1n) is 8.91. The van der Waals surface area contributed by atoms with Crippen LogP contribution in [0.4, 0.5) is 5.69 Å². The number of carbonyl (C=O) groups excluding carboxylic acids is 1. The van der Waals surface area contributed by atoms with Crippen molar-refractivity contribution in [1.82, 2.24) is 4.98 Å². The number of ether oxygens (including phenoxy) is 1. The number of aromatic nitrogens is 1. The molecule has 1 fully saturated rings. The van der Waals surface area contributed by atoms with Crippen molar-refractivity contribution in [1.29, 1.82) is 0 Å². The van der Waals surface area contributed by atoms with E-state index in [-0.39, 0.29) is 23.1 Å². The van der Waals surface area contributed by atoms with Crippen molar-refractivity contribution in [3.63, 3.8) is 0 Å². The average Bonchev–Trinajstić information content (AvgIpc) is 2.64. The van der Waals surface area contributed by atoms with Crippen LogP contribution < -0.4 is 10.1 Å². The zero-order valence-electron chi connectivity index (χ0n) is 15.0. The monoisotopic (exact) mass is 370 g/mol. The molecular formula is C20H22N2O5. The number of aromatic carboxylic acids is 1. The molecule has 0 aliphatic heterocycles. The molecule has 1 saturated carbocycles. The third-order valence-electron chi connectivity index (χ3n) is 4.62. The number of aryl methyl sites for hydroxylation is 1. The molecule has 1 heterocycles. The molecule has 27 heavy (non-hydrogen) atoms. The topological polar surface area (TPSA) is 109 Å². The van der Waals surface area contributed by atoms with Crippen LogP contribution >= 0.6 is 0 Å². The minimum absolute atomic E-state index is 0.0675. The summed E-state index contributed by atoms with van der Waals surface area (Å²) in [6.07, 6.45) is 3.01. The van der Waals surface area contributed by atoms with E-state index in [0.29, 0.717) is 11.4 Å². The van der Waals surface area contributed by atoms with Crippen molar-refractivity contribution < 1.29 is 24.5 Å². The number of carboxylic acids is 1. The number of nitrogens with one attached hydrogen (secondary N) is 1. The summed E-state index contributed by atoms with van der Waals surface area (Å²) in [4.78, 5) is 27.4. The van der Waals surface area contributed by atoms with Crippen molar-refractivity contribution in [3.05, 3.63) is 53.3 Å². The number of aliphatic hydroxyl groups is 1. The molecule has 2 atom stereocenters. The average molecular weight is 370 g/mol. The summed E-state index contributed by atoms with van der Waals surface area (Å²) in [6.45, 7) is 1.55. The van der Waals surface area contributed by atoms with Crippen molar-refractivity contribution in [2.24, 2.45) is 0 Å². The second-order valence-electron chi connectivity index (χ2n) is 6.62. The van der Waals surface area contributed by atoms with Gasteiger partial charge in [0, 0.05) is 5.69 Å². The number of nitrogens with zero attached hydrogens (tertiary/aromatic N) is 1. The lowest BCUT2D eigenvalue weighted by molar-refractivity contribution is 0.00688. The molecule has 1 amide bonds. The van der Waals surface area contributed by atoms with Gasteiger partial charge in [-0.15, -0.1) is 0 Å². The maximum Gasteiger partial charge on any atom is 0.337 e. The molecular weight excluding hydrogens is 348 g/mol. The van der Waals surface area contributed by atoms with Crippen LogP contribution in [-0.4, -0.2) is 39.3 Å². The van der Waals surface area contributed by atoms with E-state index in [1.165, 1.54) is 12.1 Å². The van der Waals surface area contributed by atoms with Crippen LogP contribution in [0, 0.1) is 6.92 Å². The zero-order valence-corrected chi connectivity index (χ0v) is 15.0. The van der Waals surface area contributed by atoms with Crippen LogP contribution in [0.25, 0.3) is 0 Å². The van der Waals surface area contributed by atoms with E-state index in [2.05, 4.69) is 10.3 Å². The molecule has 2 aromatic rings. The van der Waals surface area contributed by atoms with E-state index in [0.717, 1.165) is 25.7 Å². The molecule has 1 aliphatic carbocycles. The van der Waals surface area contributed by atoms with Crippen LogP contribution in [0.5, 0.6) is 5.75 Å². The van der Waals surface area contributed by atoms with Gasteiger partial charge >= 0.3 is 5.97 Å². The lowest BCUT2D eigenvalue weighted by atomic mass is 9.95. The summed E-state index contributed by atoms with van der Waals surface area (Å²) in [7, 11) is 0. The summed E-state index contributed by atoms with van der Waals surface area (Å²) >= 11 is 0. The largest absolute Gasteiger partial charge is 0.488 e. The summed E-state index contributed by atoms with van der Waals surface area (Å²) in [5.74, 6) is -0.865. The standard InChI is InChI=1S/C20H22N2O5/c1-12-15(20(25)26)10-11-16(21-12)19(24)22-13-6-8-14(9-7-13)27-18-5-3-2-4-17(18)23/h6-11,17-18,23H,2-5H2,1H3,(H,22,24)(H,25,26). The number of rotatable bonds is 5. The van der Waals surface area contributed by atoms with Gasteiger partial charge in [-0.25, -0.2) is 9.78 Å². The van der Waals surface area contributed by atoms with Crippen LogP contribution in [-0.2, 0) is 0 Å². The summed E-state index contributed by atoms with van der Waals surface area (Å²) in [5, 5.41) is 21.7. The number of hydrogen-bond acceptors (Lipinski definition) is 5. The molecule has 1 aromatic heterocycles. The lowest BCUT2D eigenvalue weighted by Crippen LogP contribution is -2.34. The fourth-order valence-electron chi connectivity index (χ4n) is 3.12. The SMILES string of the molecule is Cc1nc(C(=O)Nc2ccc(OC3CCCCC3O)cc2)ccc1C(=O)O. The lowest BCUT2D eigenvalue weighted by Gasteiger charge is -2.28. The van der Waals surface area contributed by atoms with Gasteiger partial charge in [0.1, 0.15) is 17.5 Å². The quantitative estimate of drug-likeness (QED) is 0.746. The van der Waals surface area contributed by atoms with Crippen LogP contribution in [0.2, 0.25) is 0 Å². The van der Waals surface area contributed by atoms with Crippen molar-refractivity contribution in [2.75, 3.05) is 5.32 Å². The third-order valence-corrected chi connectivity index (χ3v) is 4.62. The Morgan fingerprint density at radius 3 is 2.44 bits per heavy atom. The van der Waals surface area contributed by atoms with Gasteiger partial charge in [0.15, 0.2) is 0 Å². The van der Waals surface area contributed by atoms with E-state index in [1.807, 2.05) is 0 Å². The highest BCUT2D eigenvalue weighted by atomic mass is 16.5. The van der Waals surface area contributed by atoms with E-state index in [9.17, 15) is 14.7 Å². The highest BCUT2D eigenvalue weighted by Crippen LogP contribution is 2.25. The normalized spacial score (nSPS) is 19.3. The Hall–Kier alpha value is -2.93. The van der Waals surface area contributed by atoms with Crippen LogP contribution in [0.15, 0.2) is 36.4 Å². The smallest absolute Gasteiger partial charge is 0.337 e. The Morgan fingerprint density at radius 2 is 1.81 bits per heavy atom. The van der Waals surface area contributed by atoms with E-state index < -0.39 is 18.0 Å². The second-order valence-corrected chi connectivity index (χ2v) is 6.62. The number of aliphatic hydroxyl groups excluding tert-OH is 1. The molecule has 7 nitrogen and oxygen atoms in total. The van der Waals surface area contributed by atoms with E-state index >= 15 is 0 Å². The minimum Gasteiger partial charge on any atom is -0.488 e. The van der Waals surface area contributed by atoms with Crippen LogP contribution in [0.1, 0.15) is 52.2 Å². The van der Waals surface area contributed by atoms with Gasteiger partial charge < -0.3 is 20.3 Å². The Balaban J connectivity index is 1.63. The Bertz CT molecular complexity index is 835. The maximum atomic E-state index is 12.3. The molecule has 3 N–H and O–H groups in total. The molecule has 3 rings (SSSR count). The Labute approximate surface area is 157 Å². The molecule has 1 aromatic carbocycles. The fraction of sp³-hybridized carbons (Fsp3) is 0.350. The summed E-state index contributed by atoms with van der Waals surface area (Å²) in [6, 6.07) is 9.65. The molecule has 0 saturated heterocycles. The molecule has 142 valence electrons. The van der Waals surface area contributed by atoms with Crippen molar-refractivity contribution >= 4 is 17.6 Å². The first kappa shape index (κ1) is 18.8. The number of benzene rings is 1. The molecule has 1 aliphatic rings. The van der Waals surface area contributed by atoms with Gasteiger partial charge in [-0.3, -0.25) is 4.79 Å². The number of hydrogen-bond donors (Lipinski definition) is 3. The predicted molar refractivity (Wildman–Crippen MR) is 99.2 cm³/mol. The number of carbonyl (C=O) groups is 2. The van der Waals surface area contributed by atoms with E-state index in [4.69, 9.17) is 9.84 Å². The Kier molecular flexibility index (Phi) is 5.71. The first-order chi connectivity index (χ1) is 12.9. The Morgan fingerprint density at radius 1 is 1.11 bits per heavy atom. The maximum absolute atomic E-state index is 12.3. The molecule has 7 heteroatoms. The van der Waals surface area contributed by atoms with E-state index in [1.54, 1.807) is 31.2 Å². The molecule has 0 bridgehead atoms. The van der Waals surface area contributed by atoms with Gasteiger partial charge in [-0.05, 0) is 62.6 Å². The summed E-state index contributed by atoms with van der Waals surface area (Å²) < 4.78 is 5.83. The van der Waals surface area contributed by atoms with Gasteiger partial charge in [0.05, 0.1) is 17.4 Å². The number of amides is 1. The number of pyridine rings is 1. The second kappa shape index (κ2) is 8.18. The van der Waals surface area contributed by atoms with Crippen molar-refractivity contribution in [2.45, 2.75) is 44.8 Å². The first-order valence-corrected chi connectivity index (χ1v) is 8.91. The van der Waals surface area contributed by atoms with Gasteiger partial charge in [0.2, 0.25) is 0 Å². The molecule has 0 radical (unpaired) electrons. The van der Waals surface area contributed by atoms with Crippen LogP contribution in [0.3, 0.4) is 0 Å². The van der Waals surface area contributed by atoms with Gasteiger partial charge in [-0.2, -0.15) is 0 Å². The fourth-order valence-corrected chi connectivity index (χ4v) is 3.12. The summed E-state index contributed by atoms with van der Waals surface area (Å²) in [5.41, 5.74) is 1.06. The highest BCUT2D eigenvalue weighted by molar-refractivity contribution is 6.03. The number of anilines is 1. The molecule has 0 spiro atoms. The van der Waals surface area contributed by atoms with Gasteiger partial charge in [0.25, 0.3) is 5.91 Å².